The Hall–Kier alpha value is -3.35. The van der Waals surface area contributed by atoms with E-state index >= 15 is 0 Å². The van der Waals surface area contributed by atoms with Crippen molar-refractivity contribution in [2.45, 2.75) is 31.1 Å². The summed E-state index contributed by atoms with van der Waals surface area (Å²) in [6.07, 6.45) is 0.216. The molecule has 4 rings (SSSR count). The van der Waals surface area contributed by atoms with Gasteiger partial charge in [0.05, 0.1) is 10.8 Å². The van der Waals surface area contributed by atoms with Crippen LogP contribution in [0.5, 0.6) is 0 Å². The number of carbonyl (C=O) groups is 1. The van der Waals surface area contributed by atoms with Crippen molar-refractivity contribution >= 4 is 11.5 Å². The number of Topliss-reactive ketones (excluding diaryl/α,β-unsaturated/α-hetero) is 1. The minimum atomic E-state index is -0.850. The number of halogens is 1. The monoisotopic (exact) mass is 380 g/mol. The van der Waals surface area contributed by atoms with Crippen LogP contribution in [0.15, 0.2) is 59.1 Å². The summed E-state index contributed by atoms with van der Waals surface area (Å²) < 4.78 is 18.8. The van der Waals surface area contributed by atoms with Gasteiger partial charge in [0.2, 0.25) is 5.76 Å². The lowest BCUT2D eigenvalue weighted by Crippen LogP contribution is -2.15. The standard InChI is InChI=1S/C21H17FN2O4/c1-12-20(24(26)27)21(28-23-12)19-17(25)11-16(13-5-3-2-4-6-13)18(19)14-7-9-15(22)10-8-14/h2-10,16,18-19H,11H2,1H3/t16-,18-,19-/m1/s1. The summed E-state index contributed by atoms with van der Waals surface area (Å²) in [5, 5.41) is 15.3. The lowest BCUT2D eigenvalue weighted by molar-refractivity contribution is -0.386. The largest absolute Gasteiger partial charge is 0.353 e. The molecule has 142 valence electrons. The van der Waals surface area contributed by atoms with Gasteiger partial charge in [-0.2, -0.15) is 0 Å². The maximum atomic E-state index is 13.5. The van der Waals surface area contributed by atoms with Gasteiger partial charge in [-0.25, -0.2) is 4.39 Å². The molecule has 1 saturated carbocycles. The van der Waals surface area contributed by atoms with Gasteiger partial charge in [-0.3, -0.25) is 14.9 Å². The summed E-state index contributed by atoms with van der Waals surface area (Å²) in [6, 6.07) is 15.4. The average Bonchev–Trinajstić information content (AvgIpc) is 3.23. The zero-order chi connectivity index (χ0) is 19.8. The maximum absolute atomic E-state index is 13.5. The molecule has 3 aromatic rings. The Kier molecular flexibility index (Phi) is 4.50. The van der Waals surface area contributed by atoms with Crippen molar-refractivity contribution in [1.82, 2.24) is 5.16 Å². The Morgan fingerprint density at radius 3 is 2.43 bits per heavy atom. The number of carbonyl (C=O) groups excluding carboxylic acids is 1. The molecule has 0 N–H and O–H groups in total. The molecular weight excluding hydrogens is 363 g/mol. The van der Waals surface area contributed by atoms with Gasteiger partial charge in [0.15, 0.2) is 5.69 Å². The van der Waals surface area contributed by atoms with E-state index in [1.165, 1.54) is 19.1 Å². The summed E-state index contributed by atoms with van der Waals surface area (Å²) >= 11 is 0. The number of hydrogen-bond donors (Lipinski definition) is 0. The summed E-state index contributed by atoms with van der Waals surface area (Å²) in [4.78, 5) is 24.0. The molecule has 3 atom stereocenters. The average molecular weight is 380 g/mol. The fourth-order valence-electron chi connectivity index (χ4n) is 4.16. The molecule has 6 nitrogen and oxygen atoms in total. The summed E-state index contributed by atoms with van der Waals surface area (Å²) in [5.74, 6) is -2.03. The van der Waals surface area contributed by atoms with E-state index in [4.69, 9.17) is 4.52 Å². The third-order valence-corrected chi connectivity index (χ3v) is 5.37. The number of nitro groups is 1. The van der Waals surface area contributed by atoms with Gasteiger partial charge in [0, 0.05) is 12.3 Å². The molecule has 1 aliphatic carbocycles. The third kappa shape index (κ3) is 2.98. The highest BCUT2D eigenvalue weighted by atomic mass is 19.1. The lowest BCUT2D eigenvalue weighted by atomic mass is 9.78. The van der Waals surface area contributed by atoms with E-state index in [0.717, 1.165) is 11.1 Å². The number of nitrogens with zero attached hydrogens (tertiary/aromatic N) is 2. The Labute approximate surface area is 160 Å². The topological polar surface area (TPSA) is 86.2 Å². The van der Waals surface area contributed by atoms with E-state index in [1.54, 1.807) is 12.1 Å². The van der Waals surface area contributed by atoms with Crippen LogP contribution in [0.1, 0.15) is 46.8 Å². The molecule has 0 unspecified atom stereocenters. The second-order valence-electron chi connectivity index (χ2n) is 6.98. The molecule has 0 radical (unpaired) electrons. The van der Waals surface area contributed by atoms with E-state index in [9.17, 15) is 19.3 Å². The Bertz CT molecular complexity index is 1030. The van der Waals surface area contributed by atoms with Crippen LogP contribution < -0.4 is 0 Å². The van der Waals surface area contributed by atoms with Gasteiger partial charge in [-0.1, -0.05) is 47.6 Å². The zero-order valence-electron chi connectivity index (χ0n) is 15.0. The molecule has 0 saturated heterocycles. The van der Waals surface area contributed by atoms with Crippen LogP contribution in [-0.2, 0) is 4.79 Å². The molecule has 1 heterocycles. The number of benzene rings is 2. The summed E-state index contributed by atoms with van der Waals surface area (Å²) in [5.41, 5.74) is 1.55. The molecule has 1 aliphatic rings. The molecule has 0 amide bonds. The number of rotatable bonds is 4. The fraction of sp³-hybridized carbons (Fsp3) is 0.238. The molecule has 0 spiro atoms. The van der Waals surface area contributed by atoms with Crippen molar-refractivity contribution in [3.8, 4) is 0 Å². The second kappa shape index (κ2) is 6.99. The van der Waals surface area contributed by atoms with Gasteiger partial charge in [0.1, 0.15) is 11.6 Å². The number of hydrogen-bond acceptors (Lipinski definition) is 5. The normalized spacial score (nSPS) is 21.8. The molecule has 2 aromatic carbocycles. The smallest absolute Gasteiger partial charge is 0.335 e. The van der Waals surface area contributed by atoms with Gasteiger partial charge in [-0.15, -0.1) is 0 Å². The molecule has 0 aliphatic heterocycles. The van der Waals surface area contributed by atoms with E-state index in [-0.39, 0.29) is 41.1 Å². The van der Waals surface area contributed by atoms with Crippen LogP contribution in [0.2, 0.25) is 0 Å². The first kappa shape index (κ1) is 18.0. The highest BCUT2D eigenvalue weighted by molar-refractivity contribution is 5.91. The minimum absolute atomic E-state index is 0.0275. The van der Waals surface area contributed by atoms with E-state index in [2.05, 4.69) is 5.16 Å². The van der Waals surface area contributed by atoms with Crippen molar-refractivity contribution in [1.29, 1.82) is 0 Å². The number of aryl methyl sites for hydroxylation is 1. The third-order valence-electron chi connectivity index (χ3n) is 5.37. The first-order valence-electron chi connectivity index (χ1n) is 8.91. The molecule has 7 heteroatoms. The first-order valence-corrected chi connectivity index (χ1v) is 8.91. The van der Waals surface area contributed by atoms with Crippen molar-refractivity contribution in [2.24, 2.45) is 0 Å². The highest BCUT2D eigenvalue weighted by Crippen LogP contribution is 2.53. The Morgan fingerprint density at radius 1 is 1.11 bits per heavy atom. The van der Waals surface area contributed by atoms with Crippen molar-refractivity contribution in [3.63, 3.8) is 0 Å². The predicted molar refractivity (Wildman–Crippen MR) is 98.6 cm³/mol. The van der Waals surface area contributed by atoms with E-state index < -0.39 is 16.8 Å². The second-order valence-corrected chi connectivity index (χ2v) is 6.98. The molecule has 1 aromatic heterocycles. The highest BCUT2D eigenvalue weighted by Gasteiger charge is 2.49. The van der Waals surface area contributed by atoms with Crippen molar-refractivity contribution in [2.75, 3.05) is 0 Å². The summed E-state index contributed by atoms with van der Waals surface area (Å²) in [7, 11) is 0. The van der Waals surface area contributed by atoms with Crippen LogP contribution in [0.3, 0.4) is 0 Å². The van der Waals surface area contributed by atoms with Gasteiger partial charge in [0.25, 0.3) is 0 Å². The fourth-order valence-corrected chi connectivity index (χ4v) is 4.16. The Balaban J connectivity index is 1.88. The molecule has 28 heavy (non-hydrogen) atoms. The minimum Gasteiger partial charge on any atom is -0.353 e. The van der Waals surface area contributed by atoms with Crippen LogP contribution in [0.25, 0.3) is 0 Å². The summed E-state index contributed by atoms with van der Waals surface area (Å²) in [6.45, 7) is 1.48. The molecule has 0 bridgehead atoms. The number of aromatic nitrogens is 1. The van der Waals surface area contributed by atoms with Gasteiger partial charge < -0.3 is 4.52 Å². The quantitative estimate of drug-likeness (QED) is 0.485. The van der Waals surface area contributed by atoms with Crippen LogP contribution in [0, 0.1) is 22.9 Å². The van der Waals surface area contributed by atoms with Gasteiger partial charge >= 0.3 is 5.69 Å². The van der Waals surface area contributed by atoms with E-state index in [0.29, 0.717) is 0 Å². The van der Waals surface area contributed by atoms with Crippen LogP contribution in [-0.4, -0.2) is 15.9 Å². The first-order chi connectivity index (χ1) is 13.5. The zero-order valence-corrected chi connectivity index (χ0v) is 15.0. The van der Waals surface area contributed by atoms with Crippen molar-refractivity contribution < 1.29 is 18.6 Å². The van der Waals surface area contributed by atoms with Gasteiger partial charge in [-0.05, 0) is 36.1 Å². The van der Waals surface area contributed by atoms with Crippen molar-refractivity contribution in [3.05, 3.63) is 93.1 Å². The Morgan fingerprint density at radius 2 is 1.79 bits per heavy atom. The maximum Gasteiger partial charge on any atom is 0.335 e. The van der Waals surface area contributed by atoms with Crippen LogP contribution in [0.4, 0.5) is 10.1 Å². The number of ketones is 1. The predicted octanol–water partition coefficient (Wildman–Crippen LogP) is 4.65. The lowest BCUT2D eigenvalue weighted by Gasteiger charge is -2.23. The molecule has 1 fully saturated rings. The SMILES string of the molecule is Cc1noc([C@@H]2C(=O)C[C@H](c3ccccc3)[C@H]2c2ccc(F)cc2)c1[N+](=O)[O-]. The molecular formula is C21H17FN2O4. The van der Waals surface area contributed by atoms with E-state index in [1.807, 2.05) is 30.3 Å². The van der Waals surface area contributed by atoms with Crippen LogP contribution >= 0.6 is 0 Å².